The molecule has 4 nitrogen and oxygen atoms in total. The third-order valence-electron chi connectivity index (χ3n) is 4.25. The van der Waals surface area contributed by atoms with Gasteiger partial charge in [-0.3, -0.25) is 4.79 Å². The van der Waals surface area contributed by atoms with Crippen LogP contribution in [0.15, 0.2) is 24.3 Å². The molecule has 1 fully saturated rings. The number of hydrogen-bond acceptors (Lipinski definition) is 4. The van der Waals surface area contributed by atoms with Gasteiger partial charge >= 0.3 is 0 Å². The molecule has 1 aromatic rings. The van der Waals surface area contributed by atoms with Crippen molar-refractivity contribution in [1.29, 1.82) is 0 Å². The largest absolute Gasteiger partial charge is 0.478 e. The fourth-order valence-corrected chi connectivity index (χ4v) is 3.59. The van der Waals surface area contributed by atoms with Gasteiger partial charge in [0.1, 0.15) is 10.1 Å². The molecule has 0 saturated heterocycles. The van der Waals surface area contributed by atoms with Gasteiger partial charge in [-0.05, 0) is 56.4 Å². The number of aliphatic hydroxyl groups is 1. The molecule has 2 rings (SSSR count). The van der Waals surface area contributed by atoms with E-state index in [-0.39, 0.29) is 24.5 Å². The van der Waals surface area contributed by atoms with Gasteiger partial charge in [0.05, 0.1) is 12.6 Å². The summed E-state index contributed by atoms with van der Waals surface area (Å²) in [6.45, 7) is 3.34. The van der Waals surface area contributed by atoms with Crippen LogP contribution >= 0.6 is 35.0 Å². The van der Waals surface area contributed by atoms with Gasteiger partial charge in [-0.2, -0.15) is 11.8 Å². The number of hydrogen-bond donors (Lipinski definition) is 2. The highest BCUT2D eigenvalue weighted by Crippen LogP contribution is 2.59. The lowest BCUT2D eigenvalue weighted by Gasteiger charge is -2.28. The van der Waals surface area contributed by atoms with Crippen LogP contribution in [0.5, 0.6) is 5.75 Å². The average Bonchev–Trinajstić information content (AvgIpc) is 3.20. The Morgan fingerprint density at radius 2 is 2.04 bits per heavy atom. The average molecular weight is 406 g/mol. The molecule has 7 heteroatoms. The summed E-state index contributed by atoms with van der Waals surface area (Å²) in [4.78, 5) is 12.5. The summed E-state index contributed by atoms with van der Waals surface area (Å²) in [5.41, 5.74) is 0.0216. The number of nitrogens with one attached hydrogen (secondary N) is 1. The predicted octanol–water partition coefficient (Wildman–Crippen LogP) is 3.74. The van der Waals surface area contributed by atoms with E-state index in [0.29, 0.717) is 12.2 Å². The van der Waals surface area contributed by atoms with E-state index in [9.17, 15) is 9.90 Å². The number of rotatable bonds is 9. The number of ether oxygens (including phenoxy) is 1. The molecule has 25 heavy (non-hydrogen) atoms. The minimum absolute atomic E-state index is 0.0862. The molecule has 0 unspecified atom stereocenters. The monoisotopic (exact) mass is 405 g/mol. The number of thioether (sulfide) groups is 1. The second kappa shape index (κ2) is 8.38. The maximum absolute atomic E-state index is 12.5. The SMILES string of the molecule is CSCC[C@@H](CO)NC(=O)C(C)(C)Oc1ccc([C@@H]2CC2(Cl)Cl)cc1. The van der Waals surface area contributed by atoms with Crippen molar-refractivity contribution in [1.82, 2.24) is 5.32 Å². The fourth-order valence-electron chi connectivity index (χ4n) is 2.51. The molecule has 2 atom stereocenters. The number of carbonyl (C=O) groups is 1. The van der Waals surface area contributed by atoms with Gasteiger partial charge in [-0.15, -0.1) is 23.2 Å². The van der Waals surface area contributed by atoms with E-state index in [1.807, 2.05) is 30.5 Å². The second-order valence-electron chi connectivity index (χ2n) is 6.83. The Balaban J connectivity index is 1.94. The molecule has 0 aromatic heterocycles. The Labute approximate surface area is 163 Å². The van der Waals surface area contributed by atoms with Gasteiger partial charge in [0.15, 0.2) is 5.60 Å². The lowest BCUT2D eigenvalue weighted by molar-refractivity contribution is -0.135. The van der Waals surface area contributed by atoms with Crippen LogP contribution in [0.4, 0.5) is 0 Å². The quantitative estimate of drug-likeness (QED) is 0.614. The van der Waals surface area contributed by atoms with Crippen LogP contribution in [0.2, 0.25) is 0 Å². The van der Waals surface area contributed by atoms with E-state index in [0.717, 1.165) is 17.7 Å². The third kappa shape index (κ3) is 5.68. The molecular weight excluding hydrogens is 381 g/mol. The highest BCUT2D eigenvalue weighted by Gasteiger charge is 2.52. The molecule has 2 N–H and O–H groups in total. The van der Waals surface area contributed by atoms with E-state index in [4.69, 9.17) is 27.9 Å². The molecule has 0 heterocycles. The number of amides is 1. The van der Waals surface area contributed by atoms with Crippen molar-refractivity contribution in [2.24, 2.45) is 0 Å². The van der Waals surface area contributed by atoms with Crippen LogP contribution in [0, 0.1) is 0 Å². The maximum Gasteiger partial charge on any atom is 0.263 e. The molecule has 0 aliphatic heterocycles. The van der Waals surface area contributed by atoms with Crippen molar-refractivity contribution >= 4 is 40.9 Å². The van der Waals surface area contributed by atoms with Crippen LogP contribution in [0.1, 0.15) is 38.2 Å². The topological polar surface area (TPSA) is 58.6 Å². The van der Waals surface area contributed by atoms with Crippen molar-refractivity contribution < 1.29 is 14.6 Å². The number of carbonyl (C=O) groups excluding carboxylic acids is 1. The van der Waals surface area contributed by atoms with Crippen LogP contribution in [-0.4, -0.2) is 45.6 Å². The first-order valence-corrected chi connectivity index (χ1v) is 10.4. The molecule has 0 spiro atoms. The predicted molar refractivity (Wildman–Crippen MR) is 105 cm³/mol. The van der Waals surface area contributed by atoms with Crippen molar-refractivity contribution in [2.75, 3.05) is 18.6 Å². The van der Waals surface area contributed by atoms with Gasteiger partial charge in [-0.25, -0.2) is 0 Å². The highest BCUT2D eigenvalue weighted by molar-refractivity contribution is 7.98. The standard InChI is InChI=1S/C18H25Cl2NO3S/c1-17(2,16(23)21-13(11-22)8-9-25-3)24-14-6-4-12(5-7-14)15-10-18(15,19)20/h4-7,13,15,22H,8-11H2,1-3H3,(H,21,23)/t13-,15-/m0/s1. The van der Waals surface area contributed by atoms with Crippen LogP contribution in [0.3, 0.4) is 0 Å². The Kier molecular flexibility index (Phi) is 6.94. The van der Waals surface area contributed by atoms with Crippen molar-refractivity contribution in [2.45, 2.75) is 48.6 Å². The Bertz CT molecular complexity index is 592. The van der Waals surface area contributed by atoms with Gasteiger partial charge in [-0.1, -0.05) is 12.1 Å². The highest BCUT2D eigenvalue weighted by atomic mass is 35.5. The zero-order chi connectivity index (χ0) is 18.7. The summed E-state index contributed by atoms with van der Waals surface area (Å²) in [5.74, 6) is 1.38. The Hall–Kier alpha value is -0.620. The number of benzene rings is 1. The summed E-state index contributed by atoms with van der Waals surface area (Å²) in [6, 6.07) is 7.24. The van der Waals surface area contributed by atoms with Gasteiger partial charge in [0.25, 0.3) is 5.91 Å². The second-order valence-corrected chi connectivity index (χ2v) is 9.36. The molecule has 140 valence electrons. The molecule has 0 bridgehead atoms. The van der Waals surface area contributed by atoms with Crippen molar-refractivity contribution in [3.63, 3.8) is 0 Å². The van der Waals surface area contributed by atoms with E-state index in [1.54, 1.807) is 25.6 Å². The number of aliphatic hydroxyl groups excluding tert-OH is 1. The van der Waals surface area contributed by atoms with E-state index in [1.165, 1.54) is 0 Å². The number of alkyl halides is 2. The van der Waals surface area contributed by atoms with E-state index < -0.39 is 9.93 Å². The summed E-state index contributed by atoms with van der Waals surface area (Å²) in [6.07, 6.45) is 3.46. The zero-order valence-electron chi connectivity index (χ0n) is 14.7. The maximum atomic E-state index is 12.5. The minimum atomic E-state index is -1.05. The summed E-state index contributed by atoms with van der Waals surface area (Å²) in [7, 11) is 0. The van der Waals surface area contributed by atoms with Gasteiger partial charge < -0.3 is 15.2 Å². The van der Waals surface area contributed by atoms with Crippen LogP contribution in [-0.2, 0) is 4.79 Å². The molecule has 1 saturated carbocycles. The third-order valence-corrected chi connectivity index (χ3v) is 5.73. The number of halogens is 2. The Morgan fingerprint density at radius 1 is 1.44 bits per heavy atom. The first-order chi connectivity index (χ1) is 11.7. The first-order valence-electron chi connectivity index (χ1n) is 8.27. The summed E-state index contributed by atoms with van der Waals surface area (Å²) < 4.78 is 5.20. The van der Waals surface area contributed by atoms with Crippen molar-refractivity contribution in [3.05, 3.63) is 29.8 Å². The van der Waals surface area contributed by atoms with E-state index >= 15 is 0 Å². The van der Waals surface area contributed by atoms with E-state index in [2.05, 4.69) is 5.32 Å². The smallest absolute Gasteiger partial charge is 0.263 e. The summed E-state index contributed by atoms with van der Waals surface area (Å²) >= 11 is 13.9. The fraction of sp³-hybridized carbons (Fsp3) is 0.611. The normalized spacial score (nSPS) is 20.0. The molecule has 1 aliphatic rings. The molecule has 1 amide bonds. The lowest BCUT2D eigenvalue weighted by atomic mass is 10.1. The first kappa shape index (κ1) is 20.7. The van der Waals surface area contributed by atoms with Crippen molar-refractivity contribution in [3.8, 4) is 5.75 Å². The van der Waals surface area contributed by atoms with Gasteiger partial charge in [0.2, 0.25) is 0 Å². The minimum Gasteiger partial charge on any atom is -0.478 e. The van der Waals surface area contributed by atoms with Crippen LogP contribution in [0.25, 0.3) is 0 Å². The van der Waals surface area contributed by atoms with Gasteiger partial charge in [0, 0.05) is 5.92 Å². The molecule has 0 radical (unpaired) electrons. The lowest BCUT2D eigenvalue weighted by Crippen LogP contribution is -2.51. The van der Waals surface area contributed by atoms with Crippen LogP contribution < -0.4 is 10.1 Å². The molecule has 1 aliphatic carbocycles. The zero-order valence-corrected chi connectivity index (χ0v) is 17.0. The Morgan fingerprint density at radius 3 is 2.52 bits per heavy atom. The molecular formula is C18H25Cl2NO3S. The molecule has 1 aromatic carbocycles. The summed E-state index contributed by atoms with van der Waals surface area (Å²) in [5, 5.41) is 12.3.